The second-order valence-electron chi connectivity index (χ2n) is 6.78. The Morgan fingerprint density at radius 2 is 2.12 bits per heavy atom. The van der Waals surface area contributed by atoms with E-state index in [1.807, 2.05) is 6.92 Å². The van der Waals surface area contributed by atoms with E-state index in [9.17, 15) is 9.18 Å². The molecule has 172 valence electrons. The molecular formula is C21H26ClFN6O2S. The Kier molecular flexibility index (Phi) is 9.07. The average molecular weight is 481 g/mol. The molecule has 3 aromatic rings. The number of benzene rings is 1. The average Bonchev–Trinajstić information content (AvgIpc) is 3.18. The van der Waals surface area contributed by atoms with Gasteiger partial charge in [-0.15, -0.1) is 0 Å². The van der Waals surface area contributed by atoms with E-state index in [-0.39, 0.29) is 17.1 Å². The number of nitrogens with zero attached hydrogens (tertiary/aromatic N) is 4. The number of rotatable bonds is 12. The van der Waals surface area contributed by atoms with Crippen LogP contribution in [0.25, 0.3) is 11.0 Å². The number of ether oxygens (including phenoxy) is 1. The van der Waals surface area contributed by atoms with Gasteiger partial charge in [0.1, 0.15) is 11.6 Å². The highest BCUT2D eigenvalue weighted by molar-refractivity contribution is 7.99. The molecule has 2 N–H and O–H groups in total. The summed E-state index contributed by atoms with van der Waals surface area (Å²) in [6.07, 6.45) is 2.70. The third-order valence-corrected chi connectivity index (χ3v) is 5.82. The lowest BCUT2D eigenvalue weighted by Gasteiger charge is -2.10. The van der Waals surface area contributed by atoms with Crippen molar-refractivity contribution in [3.05, 3.63) is 40.8 Å². The normalized spacial score (nSPS) is 11.1. The fourth-order valence-corrected chi connectivity index (χ4v) is 3.90. The monoisotopic (exact) mass is 480 g/mol. The van der Waals surface area contributed by atoms with Crippen molar-refractivity contribution in [3.8, 4) is 0 Å². The van der Waals surface area contributed by atoms with E-state index >= 15 is 0 Å². The standard InChI is InChI=1S/C21H26ClFN6O2S/c1-3-12-32-21-27-18(24-9-11-31-4-2)14-13-26-29(19(14)28-21)10-8-25-20(30)17-15(22)6-5-7-16(17)23/h5-7,13H,3-4,8-12H2,1-2H3,(H,25,30)(H,24,27,28). The maximum absolute atomic E-state index is 14.0. The fourth-order valence-electron chi connectivity index (χ4n) is 2.96. The zero-order chi connectivity index (χ0) is 22.9. The molecule has 0 aliphatic rings. The van der Waals surface area contributed by atoms with E-state index in [1.165, 1.54) is 18.2 Å². The van der Waals surface area contributed by atoms with Crippen molar-refractivity contribution in [2.45, 2.75) is 32.0 Å². The lowest BCUT2D eigenvalue weighted by Crippen LogP contribution is -2.28. The van der Waals surface area contributed by atoms with Gasteiger partial charge in [0.15, 0.2) is 10.8 Å². The van der Waals surface area contributed by atoms with Gasteiger partial charge in [0.05, 0.1) is 35.3 Å². The topological polar surface area (TPSA) is 94.0 Å². The Balaban J connectivity index is 1.74. The van der Waals surface area contributed by atoms with Crippen LogP contribution in [0.4, 0.5) is 10.2 Å². The van der Waals surface area contributed by atoms with Gasteiger partial charge in [-0.25, -0.2) is 19.0 Å². The SMILES string of the molecule is CCCSc1nc(NCCOCC)c2cnn(CCNC(=O)c3c(F)cccc3Cl)c2n1. The second-order valence-corrected chi connectivity index (χ2v) is 8.25. The summed E-state index contributed by atoms with van der Waals surface area (Å²) < 4.78 is 21.0. The number of amides is 1. The van der Waals surface area contributed by atoms with Crippen LogP contribution in [-0.4, -0.2) is 57.7 Å². The first kappa shape index (κ1) is 24.2. The predicted octanol–water partition coefficient (Wildman–Crippen LogP) is 4.00. The van der Waals surface area contributed by atoms with Crippen LogP contribution in [0.5, 0.6) is 0 Å². The molecule has 11 heteroatoms. The minimum atomic E-state index is -0.660. The number of hydrogen-bond donors (Lipinski definition) is 2. The van der Waals surface area contributed by atoms with Gasteiger partial charge in [0.25, 0.3) is 5.91 Å². The molecule has 0 fully saturated rings. The molecule has 2 aromatic heterocycles. The first-order valence-corrected chi connectivity index (χ1v) is 11.8. The number of aromatic nitrogens is 4. The van der Waals surface area contributed by atoms with E-state index in [4.69, 9.17) is 16.3 Å². The third-order valence-electron chi connectivity index (χ3n) is 4.45. The molecule has 0 spiro atoms. The minimum Gasteiger partial charge on any atom is -0.380 e. The number of hydrogen-bond acceptors (Lipinski definition) is 7. The van der Waals surface area contributed by atoms with Crippen molar-refractivity contribution in [3.63, 3.8) is 0 Å². The molecule has 0 unspecified atom stereocenters. The van der Waals surface area contributed by atoms with E-state index in [2.05, 4.69) is 32.6 Å². The molecule has 32 heavy (non-hydrogen) atoms. The highest BCUT2D eigenvalue weighted by Gasteiger charge is 2.16. The van der Waals surface area contributed by atoms with Crippen LogP contribution >= 0.6 is 23.4 Å². The molecular weight excluding hydrogens is 455 g/mol. The van der Waals surface area contributed by atoms with E-state index in [1.54, 1.807) is 22.6 Å². The summed E-state index contributed by atoms with van der Waals surface area (Å²) in [6, 6.07) is 4.14. The molecule has 1 aromatic carbocycles. The summed E-state index contributed by atoms with van der Waals surface area (Å²) in [7, 11) is 0. The van der Waals surface area contributed by atoms with Crippen molar-refractivity contribution < 1.29 is 13.9 Å². The van der Waals surface area contributed by atoms with Crippen LogP contribution in [-0.2, 0) is 11.3 Å². The Morgan fingerprint density at radius 1 is 1.28 bits per heavy atom. The van der Waals surface area contributed by atoms with Crippen LogP contribution in [0.1, 0.15) is 30.6 Å². The van der Waals surface area contributed by atoms with Crippen molar-refractivity contribution in [1.82, 2.24) is 25.1 Å². The highest BCUT2D eigenvalue weighted by atomic mass is 35.5. The van der Waals surface area contributed by atoms with Gasteiger partial charge in [-0.1, -0.05) is 36.4 Å². The van der Waals surface area contributed by atoms with Gasteiger partial charge in [-0.2, -0.15) is 5.10 Å². The van der Waals surface area contributed by atoms with Gasteiger partial charge < -0.3 is 15.4 Å². The van der Waals surface area contributed by atoms with Crippen LogP contribution < -0.4 is 10.6 Å². The van der Waals surface area contributed by atoms with Crippen LogP contribution in [0.15, 0.2) is 29.6 Å². The maximum atomic E-state index is 14.0. The Hall–Kier alpha value is -2.43. The van der Waals surface area contributed by atoms with Crippen LogP contribution in [0.2, 0.25) is 5.02 Å². The lowest BCUT2D eigenvalue weighted by atomic mass is 10.2. The number of carbonyl (C=O) groups excluding carboxylic acids is 1. The molecule has 0 aliphatic heterocycles. The van der Waals surface area contributed by atoms with Gasteiger partial charge in [0.2, 0.25) is 0 Å². The van der Waals surface area contributed by atoms with Crippen LogP contribution in [0, 0.1) is 5.82 Å². The number of nitrogens with one attached hydrogen (secondary N) is 2. The summed E-state index contributed by atoms with van der Waals surface area (Å²) in [5.41, 5.74) is 0.497. The maximum Gasteiger partial charge on any atom is 0.255 e. The zero-order valence-electron chi connectivity index (χ0n) is 18.0. The predicted molar refractivity (Wildman–Crippen MR) is 125 cm³/mol. The first-order chi connectivity index (χ1) is 15.5. The molecule has 0 saturated carbocycles. The summed E-state index contributed by atoms with van der Waals surface area (Å²) in [5, 5.41) is 11.9. The number of carbonyl (C=O) groups is 1. The molecule has 2 heterocycles. The van der Waals surface area contributed by atoms with Crippen LogP contribution in [0.3, 0.4) is 0 Å². The summed E-state index contributed by atoms with van der Waals surface area (Å²) in [4.78, 5) is 21.6. The minimum absolute atomic E-state index is 0.0696. The molecule has 8 nitrogen and oxygen atoms in total. The molecule has 3 rings (SSSR count). The molecule has 1 amide bonds. The van der Waals surface area contributed by atoms with E-state index < -0.39 is 11.7 Å². The van der Waals surface area contributed by atoms with E-state index in [0.717, 1.165) is 17.6 Å². The van der Waals surface area contributed by atoms with Gasteiger partial charge in [-0.3, -0.25) is 4.79 Å². The third kappa shape index (κ3) is 6.08. The first-order valence-electron chi connectivity index (χ1n) is 10.4. The summed E-state index contributed by atoms with van der Waals surface area (Å²) in [5.74, 6) is 0.364. The zero-order valence-corrected chi connectivity index (χ0v) is 19.6. The summed E-state index contributed by atoms with van der Waals surface area (Å²) >= 11 is 7.54. The Morgan fingerprint density at radius 3 is 2.88 bits per heavy atom. The largest absolute Gasteiger partial charge is 0.380 e. The molecule has 0 aliphatic carbocycles. The quantitative estimate of drug-likeness (QED) is 0.230. The van der Waals surface area contributed by atoms with Crippen molar-refractivity contribution in [2.24, 2.45) is 0 Å². The number of anilines is 1. The number of thioether (sulfide) groups is 1. The van der Waals surface area contributed by atoms with E-state index in [0.29, 0.717) is 42.9 Å². The number of halogens is 2. The van der Waals surface area contributed by atoms with Crippen molar-refractivity contribution in [1.29, 1.82) is 0 Å². The number of fused-ring (bicyclic) bond motifs is 1. The summed E-state index contributed by atoms with van der Waals surface area (Å²) in [6.45, 7) is 6.47. The smallest absolute Gasteiger partial charge is 0.255 e. The van der Waals surface area contributed by atoms with Crippen molar-refractivity contribution in [2.75, 3.05) is 37.4 Å². The van der Waals surface area contributed by atoms with Crippen molar-refractivity contribution >= 4 is 46.1 Å². The molecule has 0 bridgehead atoms. The Labute approximate surface area is 195 Å². The molecule has 0 radical (unpaired) electrons. The lowest BCUT2D eigenvalue weighted by molar-refractivity contribution is 0.0948. The van der Waals surface area contributed by atoms with Gasteiger partial charge in [0, 0.05) is 25.4 Å². The highest BCUT2D eigenvalue weighted by Crippen LogP contribution is 2.25. The molecule has 0 atom stereocenters. The van der Waals surface area contributed by atoms with Gasteiger partial charge >= 0.3 is 0 Å². The second kappa shape index (κ2) is 12.0. The van der Waals surface area contributed by atoms with Gasteiger partial charge in [-0.05, 0) is 25.5 Å². The molecule has 0 saturated heterocycles. The fraction of sp³-hybridized carbons (Fsp3) is 0.429. The Bertz CT molecular complexity index is 1040.